The Morgan fingerprint density at radius 1 is 0.875 bits per heavy atom. The van der Waals surface area contributed by atoms with Crippen LogP contribution in [0.3, 0.4) is 0 Å². The summed E-state index contributed by atoms with van der Waals surface area (Å²) in [6.07, 6.45) is 0. The van der Waals surface area contributed by atoms with Gasteiger partial charge < -0.3 is 9.47 Å². The monoisotopic (exact) mass is 445 g/mol. The summed E-state index contributed by atoms with van der Waals surface area (Å²) in [6.45, 7) is 7.40. The molecule has 0 aliphatic carbocycles. The second-order valence-corrected chi connectivity index (χ2v) is 10.1. The van der Waals surface area contributed by atoms with E-state index in [1.165, 1.54) is 9.79 Å². The summed E-state index contributed by atoms with van der Waals surface area (Å²) in [5.41, 5.74) is -0.848. The molecule has 0 aliphatic rings. The Labute approximate surface area is 194 Å². The van der Waals surface area contributed by atoms with Gasteiger partial charge in [-0.2, -0.15) is 0 Å². The Bertz CT molecular complexity index is 1040. The Morgan fingerprint density at radius 2 is 1.44 bits per heavy atom. The summed E-state index contributed by atoms with van der Waals surface area (Å²) in [7, 11) is -0.277. The van der Waals surface area contributed by atoms with Crippen LogP contribution in [0, 0.1) is 17.8 Å². The molecule has 3 rings (SSSR count). The van der Waals surface area contributed by atoms with Gasteiger partial charge in [0.25, 0.3) is 0 Å². The van der Waals surface area contributed by atoms with Crippen molar-refractivity contribution in [1.29, 1.82) is 0 Å². The Hall–Kier alpha value is -3.16. The molecule has 0 fully saturated rings. The summed E-state index contributed by atoms with van der Waals surface area (Å²) >= 11 is 0. The van der Waals surface area contributed by atoms with Crippen LogP contribution in [0.25, 0.3) is 0 Å². The molecular formula is C28H29O3S+. The molecule has 0 saturated heterocycles. The highest BCUT2D eigenvalue weighted by molar-refractivity contribution is 7.97. The first-order chi connectivity index (χ1) is 15.3. The molecule has 0 atom stereocenters. The lowest BCUT2D eigenvalue weighted by Gasteiger charge is -2.19. The van der Waals surface area contributed by atoms with E-state index in [1.807, 2.05) is 44.2 Å². The Balaban J connectivity index is 1.75. The van der Waals surface area contributed by atoms with Crippen molar-refractivity contribution in [2.45, 2.75) is 48.0 Å². The number of carbonyl (C=O) groups is 1. The van der Waals surface area contributed by atoms with E-state index in [1.54, 1.807) is 13.8 Å². The van der Waals surface area contributed by atoms with Crippen molar-refractivity contribution in [2.75, 3.05) is 6.61 Å². The zero-order valence-corrected chi connectivity index (χ0v) is 19.8. The fourth-order valence-corrected chi connectivity index (χ4v) is 5.14. The fourth-order valence-electron chi connectivity index (χ4n) is 3.01. The molecule has 3 nitrogen and oxygen atoms in total. The van der Waals surface area contributed by atoms with Gasteiger partial charge in [0, 0.05) is 12.0 Å². The van der Waals surface area contributed by atoms with Gasteiger partial charge in [-0.15, -0.1) is 0 Å². The zero-order chi connectivity index (χ0) is 23.0. The summed E-state index contributed by atoms with van der Waals surface area (Å²) < 4.78 is 11.3. The minimum Gasteiger partial charge on any atom is -0.482 e. The molecule has 0 aromatic heterocycles. The van der Waals surface area contributed by atoms with Crippen molar-refractivity contribution < 1.29 is 14.3 Å². The van der Waals surface area contributed by atoms with Crippen molar-refractivity contribution in [1.82, 2.24) is 0 Å². The molecule has 3 aromatic rings. The summed E-state index contributed by atoms with van der Waals surface area (Å²) in [4.78, 5) is 15.9. The number of carbonyl (C=O) groups excluding carboxylic acids is 1. The van der Waals surface area contributed by atoms with Crippen LogP contribution in [-0.2, 0) is 20.4 Å². The second kappa shape index (κ2) is 10.9. The maximum absolute atomic E-state index is 12.3. The molecule has 0 radical (unpaired) electrons. The first-order valence-electron chi connectivity index (χ1n) is 10.7. The summed E-state index contributed by atoms with van der Waals surface area (Å²) in [5.74, 6) is 6.46. The van der Waals surface area contributed by atoms with Crippen LogP contribution in [-0.4, -0.2) is 18.2 Å². The fraction of sp³-hybridized carbons (Fsp3) is 0.250. The first kappa shape index (κ1) is 23.5. The van der Waals surface area contributed by atoms with Gasteiger partial charge in [0.2, 0.25) is 0 Å². The van der Waals surface area contributed by atoms with Crippen LogP contribution < -0.4 is 4.74 Å². The van der Waals surface area contributed by atoms with Crippen LogP contribution >= 0.6 is 0 Å². The normalized spacial score (nSPS) is 11.1. The Kier molecular flexibility index (Phi) is 8.03. The maximum atomic E-state index is 12.3. The van der Waals surface area contributed by atoms with E-state index in [2.05, 4.69) is 66.4 Å². The number of hydrogen-bond donors (Lipinski definition) is 0. The minimum atomic E-state index is -0.848. The lowest BCUT2D eigenvalue weighted by atomic mass is 10.1. The average molecular weight is 446 g/mol. The standard InChI is InChI=1S/C28H29O3S/c1-22(2)18-19-28(3,4)31-27(29)21-30-23-12-11-17-26(20-23)32(24-13-7-5-8-14-24)25-15-9-6-10-16-25/h5-17,20,22H,21H2,1-4H3/q+1. The first-order valence-corrected chi connectivity index (χ1v) is 11.9. The smallest absolute Gasteiger partial charge is 0.345 e. The lowest BCUT2D eigenvalue weighted by Crippen LogP contribution is -2.29. The molecule has 0 amide bonds. The van der Waals surface area contributed by atoms with Crippen molar-refractivity contribution in [3.63, 3.8) is 0 Å². The molecule has 0 aliphatic heterocycles. The van der Waals surface area contributed by atoms with Gasteiger partial charge in [-0.05, 0) is 50.2 Å². The number of rotatable bonds is 7. The molecule has 3 aromatic carbocycles. The van der Waals surface area contributed by atoms with Crippen LogP contribution in [0.15, 0.2) is 99.6 Å². The van der Waals surface area contributed by atoms with Gasteiger partial charge >= 0.3 is 5.97 Å². The van der Waals surface area contributed by atoms with Crippen LogP contribution in [0.4, 0.5) is 0 Å². The van der Waals surface area contributed by atoms with Crippen molar-refractivity contribution in [3.8, 4) is 17.6 Å². The quantitative estimate of drug-likeness (QED) is 0.249. The predicted molar refractivity (Wildman–Crippen MR) is 130 cm³/mol. The topological polar surface area (TPSA) is 35.5 Å². The van der Waals surface area contributed by atoms with E-state index in [0.717, 1.165) is 4.90 Å². The molecule has 0 saturated carbocycles. The van der Waals surface area contributed by atoms with Gasteiger partial charge in [-0.1, -0.05) is 68.2 Å². The molecule has 0 bridgehead atoms. The third-order valence-electron chi connectivity index (χ3n) is 4.39. The molecule has 4 heteroatoms. The third-order valence-corrected chi connectivity index (χ3v) is 6.60. The van der Waals surface area contributed by atoms with Crippen molar-refractivity contribution in [2.24, 2.45) is 5.92 Å². The van der Waals surface area contributed by atoms with E-state index >= 15 is 0 Å². The number of hydrogen-bond acceptors (Lipinski definition) is 3. The maximum Gasteiger partial charge on any atom is 0.345 e. The highest BCUT2D eigenvalue weighted by Gasteiger charge is 2.29. The van der Waals surface area contributed by atoms with Gasteiger partial charge in [0.15, 0.2) is 26.9 Å². The zero-order valence-electron chi connectivity index (χ0n) is 19.0. The van der Waals surface area contributed by atoms with Crippen molar-refractivity contribution >= 4 is 16.9 Å². The lowest BCUT2D eigenvalue weighted by molar-refractivity contribution is -0.154. The van der Waals surface area contributed by atoms with E-state index < -0.39 is 11.6 Å². The number of ether oxygens (including phenoxy) is 2. The molecule has 0 heterocycles. The average Bonchev–Trinajstić information content (AvgIpc) is 2.78. The highest BCUT2D eigenvalue weighted by atomic mass is 32.2. The van der Waals surface area contributed by atoms with Crippen LogP contribution in [0.1, 0.15) is 27.7 Å². The highest BCUT2D eigenvalue weighted by Crippen LogP contribution is 2.32. The Morgan fingerprint density at radius 3 is 2.00 bits per heavy atom. The molecular weight excluding hydrogens is 416 g/mol. The van der Waals surface area contributed by atoms with Gasteiger partial charge in [-0.25, -0.2) is 4.79 Å². The molecule has 0 spiro atoms. The molecule has 0 N–H and O–H groups in total. The summed E-state index contributed by atoms with van der Waals surface area (Å²) in [5, 5.41) is 0. The van der Waals surface area contributed by atoms with Crippen LogP contribution in [0.5, 0.6) is 5.75 Å². The van der Waals surface area contributed by atoms with E-state index in [0.29, 0.717) is 5.75 Å². The largest absolute Gasteiger partial charge is 0.482 e. The third kappa shape index (κ3) is 6.93. The van der Waals surface area contributed by atoms with Gasteiger partial charge in [0.05, 0.1) is 10.9 Å². The van der Waals surface area contributed by atoms with E-state index in [-0.39, 0.29) is 23.4 Å². The van der Waals surface area contributed by atoms with Crippen LogP contribution in [0.2, 0.25) is 0 Å². The number of esters is 1. The van der Waals surface area contributed by atoms with E-state index in [4.69, 9.17) is 9.47 Å². The van der Waals surface area contributed by atoms with E-state index in [9.17, 15) is 4.79 Å². The molecule has 0 unspecified atom stereocenters. The van der Waals surface area contributed by atoms with Gasteiger partial charge in [-0.3, -0.25) is 0 Å². The minimum absolute atomic E-state index is 0.166. The summed E-state index contributed by atoms with van der Waals surface area (Å²) in [6, 6.07) is 28.7. The molecule has 32 heavy (non-hydrogen) atoms. The molecule has 164 valence electrons. The second-order valence-electron chi connectivity index (χ2n) is 8.10. The van der Waals surface area contributed by atoms with Crippen molar-refractivity contribution in [3.05, 3.63) is 84.9 Å². The SMILES string of the molecule is CC(C)C#CC(C)(C)OC(=O)COc1cccc([S+](c2ccccc2)c2ccccc2)c1. The number of benzene rings is 3. The predicted octanol–water partition coefficient (Wildman–Crippen LogP) is 6.14. The van der Waals surface area contributed by atoms with Gasteiger partial charge in [0.1, 0.15) is 5.75 Å².